The van der Waals surface area contributed by atoms with E-state index in [2.05, 4.69) is 16.0 Å². The lowest BCUT2D eigenvalue weighted by atomic mass is 10.2. The van der Waals surface area contributed by atoms with Crippen LogP contribution in [-0.2, 0) is 0 Å². The van der Waals surface area contributed by atoms with Gasteiger partial charge in [-0.05, 0) is 55.9 Å². The van der Waals surface area contributed by atoms with Gasteiger partial charge in [-0.2, -0.15) is 5.26 Å². The lowest BCUT2D eigenvalue weighted by Gasteiger charge is -2.10. The number of nitriles is 1. The Hall–Kier alpha value is -3.09. The van der Waals surface area contributed by atoms with Crippen LogP contribution in [0, 0.1) is 35.8 Å². The summed E-state index contributed by atoms with van der Waals surface area (Å²) in [5, 5.41) is 20.3. The van der Waals surface area contributed by atoms with Crippen molar-refractivity contribution >= 4 is 34.8 Å². The number of halogens is 1. The third-order valence-electron chi connectivity index (χ3n) is 4.00. The van der Waals surface area contributed by atoms with Crippen LogP contribution in [0.25, 0.3) is 5.69 Å². The molecule has 0 bridgehead atoms. The summed E-state index contributed by atoms with van der Waals surface area (Å²) in [6, 6.07) is 7.36. The molecule has 6 nitrogen and oxygen atoms in total. The van der Waals surface area contributed by atoms with E-state index in [1.807, 2.05) is 13.8 Å². The summed E-state index contributed by atoms with van der Waals surface area (Å²) < 4.78 is 14.3. The second-order valence-electron chi connectivity index (χ2n) is 5.64. The minimum Gasteiger partial charge on any atom is -0.494 e. The van der Waals surface area contributed by atoms with Gasteiger partial charge in [0.15, 0.2) is 4.77 Å². The molecule has 3 aromatic rings. The quantitative estimate of drug-likeness (QED) is 0.512. The van der Waals surface area contributed by atoms with E-state index in [0.717, 1.165) is 10.4 Å². The molecule has 0 atom stereocenters. The van der Waals surface area contributed by atoms with Crippen LogP contribution in [0.15, 0.2) is 34.1 Å². The minimum absolute atomic E-state index is 0.0400. The maximum absolute atomic E-state index is 13.2. The topological polar surface area (TPSA) is 94.2 Å². The van der Waals surface area contributed by atoms with E-state index in [-0.39, 0.29) is 10.3 Å². The molecule has 3 rings (SSSR count). The Morgan fingerprint density at radius 3 is 2.67 bits per heavy atom. The van der Waals surface area contributed by atoms with Crippen LogP contribution >= 0.6 is 23.6 Å². The van der Waals surface area contributed by atoms with Gasteiger partial charge in [0.25, 0.3) is 5.56 Å². The van der Waals surface area contributed by atoms with E-state index < -0.39 is 17.3 Å². The summed E-state index contributed by atoms with van der Waals surface area (Å²) in [6.07, 6.45) is 1.19. The third-order valence-corrected chi connectivity index (χ3v) is 5.40. The number of H-pyrrole nitrogens is 1. The Morgan fingerprint density at radius 1 is 1.37 bits per heavy atom. The van der Waals surface area contributed by atoms with Gasteiger partial charge in [0.1, 0.15) is 22.5 Å². The van der Waals surface area contributed by atoms with Crippen molar-refractivity contribution in [2.75, 3.05) is 0 Å². The second kappa shape index (κ2) is 7.26. The van der Waals surface area contributed by atoms with Gasteiger partial charge in [-0.3, -0.25) is 14.3 Å². The molecule has 0 saturated carbocycles. The number of aromatic nitrogens is 2. The molecule has 2 N–H and O–H groups in total. The standard InChI is InChI=1S/C18H13FN4O2S2/c1-9-10(2)27-16(13(9)7-20)21-8-14-15(24)22-18(26)23(17(14)25)12-5-3-11(19)4-6-12/h3-6,8,25H,1-2H3,(H,22,24,26)/b21-8+. The highest BCUT2D eigenvalue weighted by Crippen LogP contribution is 2.34. The molecule has 0 aliphatic carbocycles. The zero-order valence-electron chi connectivity index (χ0n) is 14.3. The summed E-state index contributed by atoms with van der Waals surface area (Å²) in [6.45, 7) is 3.70. The van der Waals surface area contributed by atoms with E-state index in [1.54, 1.807) is 0 Å². The molecule has 2 heterocycles. The maximum Gasteiger partial charge on any atom is 0.264 e. The van der Waals surface area contributed by atoms with Gasteiger partial charge in [-0.25, -0.2) is 9.38 Å². The summed E-state index contributed by atoms with van der Waals surface area (Å²) in [4.78, 5) is 19.9. The van der Waals surface area contributed by atoms with Crippen molar-refractivity contribution < 1.29 is 9.50 Å². The molecule has 0 unspecified atom stereocenters. The number of rotatable bonds is 3. The number of aromatic hydroxyl groups is 1. The number of aromatic amines is 1. The average Bonchev–Trinajstić information content (AvgIpc) is 2.89. The number of nitrogens with one attached hydrogen (secondary N) is 1. The summed E-state index contributed by atoms with van der Waals surface area (Å²) in [7, 11) is 0. The number of hydrogen-bond donors (Lipinski definition) is 2. The molecule has 9 heteroatoms. The van der Waals surface area contributed by atoms with Gasteiger partial charge in [-0.15, -0.1) is 11.3 Å². The first-order valence-corrected chi connectivity index (χ1v) is 8.94. The molecule has 27 heavy (non-hydrogen) atoms. The van der Waals surface area contributed by atoms with Crippen LogP contribution in [0.1, 0.15) is 21.6 Å². The van der Waals surface area contributed by atoms with Crippen molar-refractivity contribution in [2.24, 2.45) is 4.99 Å². The van der Waals surface area contributed by atoms with Crippen LogP contribution in [0.4, 0.5) is 9.39 Å². The smallest absolute Gasteiger partial charge is 0.264 e. The predicted molar refractivity (Wildman–Crippen MR) is 105 cm³/mol. The number of nitrogens with zero attached hydrogens (tertiary/aromatic N) is 3. The number of benzene rings is 1. The largest absolute Gasteiger partial charge is 0.494 e. The monoisotopic (exact) mass is 400 g/mol. The molecule has 2 aromatic heterocycles. The van der Waals surface area contributed by atoms with Crippen LogP contribution < -0.4 is 5.56 Å². The molecular weight excluding hydrogens is 387 g/mol. The first kappa shape index (κ1) is 18.7. The molecule has 0 aliphatic heterocycles. The Morgan fingerprint density at radius 2 is 2.04 bits per heavy atom. The molecule has 0 spiro atoms. The highest BCUT2D eigenvalue weighted by Gasteiger charge is 2.15. The zero-order chi connectivity index (χ0) is 19.7. The van der Waals surface area contributed by atoms with Crippen molar-refractivity contribution in [3.8, 4) is 17.6 Å². The van der Waals surface area contributed by atoms with E-state index in [0.29, 0.717) is 16.3 Å². The first-order valence-electron chi connectivity index (χ1n) is 7.72. The van der Waals surface area contributed by atoms with Gasteiger partial charge < -0.3 is 5.11 Å². The van der Waals surface area contributed by atoms with Gasteiger partial charge in [-0.1, -0.05) is 0 Å². The Labute approximate surface area is 162 Å². The van der Waals surface area contributed by atoms with Crippen molar-refractivity contribution in [3.63, 3.8) is 0 Å². The highest BCUT2D eigenvalue weighted by molar-refractivity contribution is 7.71. The zero-order valence-corrected chi connectivity index (χ0v) is 15.9. The molecule has 1 aromatic carbocycles. The molecule has 0 saturated heterocycles. The van der Waals surface area contributed by atoms with Gasteiger partial charge in [0, 0.05) is 11.1 Å². The summed E-state index contributed by atoms with van der Waals surface area (Å²) in [5.74, 6) is -0.869. The van der Waals surface area contributed by atoms with E-state index in [4.69, 9.17) is 12.2 Å². The Bertz CT molecular complexity index is 1210. The van der Waals surface area contributed by atoms with Crippen molar-refractivity contribution in [2.45, 2.75) is 13.8 Å². The number of aliphatic imine (C=N–C) groups is 1. The summed E-state index contributed by atoms with van der Waals surface area (Å²) in [5.41, 5.74) is 0.889. The van der Waals surface area contributed by atoms with E-state index >= 15 is 0 Å². The second-order valence-corrected chi connectivity index (χ2v) is 7.23. The van der Waals surface area contributed by atoms with Crippen LogP contribution in [0.5, 0.6) is 5.88 Å². The van der Waals surface area contributed by atoms with Crippen LogP contribution in [-0.4, -0.2) is 20.9 Å². The predicted octanol–water partition coefficient (Wildman–Crippen LogP) is 4.04. The Balaban J connectivity index is 2.15. The molecule has 0 radical (unpaired) electrons. The minimum atomic E-state index is -0.622. The number of aryl methyl sites for hydroxylation is 1. The Kier molecular flexibility index (Phi) is 5.03. The van der Waals surface area contributed by atoms with Crippen LogP contribution in [0.2, 0.25) is 0 Å². The van der Waals surface area contributed by atoms with Gasteiger partial charge >= 0.3 is 0 Å². The molecule has 0 fully saturated rings. The number of thiophene rings is 1. The summed E-state index contributed by atoms with van der Waals surface area (Å²) >= 11 is 6.43. The van der Waals surface area contributed by atoms with Crippen molar-refractivity contribution in [1.29, 1.82) is 5.26 Å². The molecule has 0 aliphatic rings. The third kappa shape index (κ3) is 3.45. The number of hydrogen-bond acceptors (Lipinski definition) is 6. The van der Waals surface area contributed by atoms with E-state index in [9.17, 15) is 19.6 Å². The maximum atomic E-state index is 13.2. The lowest BCUT2D eigenvalue weighted by molar-refractivity contribution is 0.432. The molecule has 0 amide bonds. The first-order chi connectivity index (χ1) is 12.8. The average molecular weight is 400 g/mol. The van der Waals surface area contributed by atoms with Crippen LogP contribution in [0.3, 0.4) is 0 Å². The van der Waals surface area contributed by atoms with Crippen molar-refractivity contribution in [3.05, 3.63) is 66.8 Å². The highest BCUT2D eigenvalue weighted by atomic mass is 32.1. The van der Waals surface area contributed by atoms with E-state index in [1.165, 1.54) is 46.4 Å². The van der Waals surface area contributed by atoms with Gasteiger partial charge in [0.05, 0.1) is 11.3 Å². The van der Waals surface area contributed by atoms with Gasteiger partial charge in [0.2, 0.25) is 5.88 Å². The SMILES string of the molecule is Cc1sc(/N=C/c2c(O)n(-c3ccc(F)cc3)c(=S)[nH]c2=O)c(C#N)c1C. The molecular formula is C18H13FN4O2S2. The fourth-order valence-electron chi connectivity index (χ4n) is 2.44. The lowest BCUT2D eigenvalue weighted by Crippen LogP contribution is -2.18. The van der Waals surface area contributed by atoms with Crippen molar-refractivity contribution in [1.82, 2.24) is 9.55 Å². The normalized spacial score (nSPS) is 11.0. The fraction of sp³-hybridized carbons (Fsp3) is 0.111. The molecule has 136 valence electrons. The fourth-order valence-corrected chi connectivity index (χ4v) is 3.68.